The zero-order valence-corrected chi connectivity index (χ0v) is 26.0. The number of pyridine rings is 3. The van der Waals surface area contributed by atoms with Crippen molar-refractivity contribution in [1.29, 1.82) is 0 Å². The van der Waals surface area contributed by atoms with Crippen LogP contribution in [-0.2, 0) is 16.6 Å². The smallest absolute Gasteiger partial charge is 0.245 e. The van der Waals surface area contributed by atoms with Crippen LogP contribution in [0.25, 0.3) is 10.9 Å². The third kappa shape index (κ3) is 6.11. The number of hydrogen-bond acceptors (Lipinski definition) is 11. The van der Waals surface area contributed by atoms with E-state index in [1.54, 1.807) is 4.31 Å². The highest BCUT2D eigenvalue weighted by Gasteiger charge is 2.47. The number of piperazine rings is 1. The highest BCUT2D eigenvalue weighted by atomic mass is 32.2. The summed E-state index contributed by atoms with van der Waals surface area (Å²) in [6, 6.07) is 7.31. The Labute approximate surface area is 257 Å². The maximum absolute atomic E-state index is 13.9. The van der Waals surface area contributed by atoms with E-state index in [-0.39, 0.29) is 29.2 Å². The first-order valence-electron chi connectivity index (χ1n) is 15.6. The minimum Gasteiger partial charge on any atom is -0.367 e. The summed E-state index contributed by atoms with van der Waals surface area (Å²) in [5.41, 5.74) is 8.44. The predicted molar refractivity (Wildman–Crippen MR) is 167 cm³/mol. The van der Waals surface area contributed by atoms with Gasteiger partial charge < -0.3 is 15.5 Å². The van der Waals surface area contributed by atoms with Crippen molar-refractivity contribution >= 4 is 32.6 Å². The van der Waals surface area contributed by atoms with E-state index in [1.165, 1.54) is 6.20 Å². The number of piperidine rings is 1. The molecule has 3 aromatic rings. The van der Waals surface area contributed by atoms with E-state index in [0.29, 0.717) is 18.9 Å². The molecule has 3 unspecified atom stereocenters. The van der Waals surface area contributed by atoms with Crippen LogP contribution in [0.2, 0.25) is 0 Å². The number of fused-ring (bicyclic) bond motifs is 3. The molecule has 3 aromatic heterocycles. The lowest BCUT2D eigenvalue weighted by molar-refractivity contribution is 0.147. The van der Waals surface area contributed by atoms with Gasteiger partial charge in [-0.25, -0.2) is 23.2 Å². The van der Waals surface area contributed by atoms with E-state index in [0.717, 1.165) is 92.5 Å². The molecule has 2 bridgehead atoms. The first-order chi connectivity index (χ1) is 21.2. The molecular weight excluding hydrogens is 583 g/mol. The fourth-order valence-corrected chi connectivity index (χ4v) is 9.02. The molecule has 4 N–H and O–H groups in total. The summed E-state index contributed by atoms with van der Waals surface area (Å²) >= 11 is 0. The molecule has 7 rings (SSSR count). The molecule has 0 saturated carbocycles. The predicted octanol–water partition coefficient (Wildman–Crippen LogP) is 2.33. The van der Waals surface area contributed by atoms with E-state index in [1.807, 2.05) is 6.07 Å². The fourth-order valence-electron chi connectivity index (χ4n) is 7.16. The Hall–Kier alpha value is -3.01. The first-order valence-corrected chi connectivity index (χ1v) is 17.0. The number of halogens is 1. The average Bonchev–Trinajstić information content (AvgIpc) is 3.53. The Bertz CT molecular complexity index is 1600. The summed E-state index contributed by atoms with van der Waals surface area (Å²) in [5.74, 6) is 0.830. The van der Waals surface area contributed by atoms with Crippen molar-refractivity contribution in [1.82, 2.24) is 39.9 Å². The minimum atomic E-state index is -3.85. The number of nitrogens with zero attached hydrogens (tertiary/aromatic N) is 6. The summed E-state index contributed by atoms with van der Waals surface area (Å²) < 4.78 is 42.5. The monoisotopic (exact) mass is 624 g/mol. The van der Waals surface area contributed by atoms with Crippen LogP contribution in [0.5, 0.6) is 0 Å². The van der Waals surface area contributed by atoms with Crippen molar-refractivity contribution in [2.45, 2.75) is 80.8 Å². The molecule has 7 heterocycles. The van der Waals surface area contributed by atoms with E-state index in [4.69, 9.17) is 9.97 Å². The zero-order valence-electron chi connectivity index (χ0n) is 25.2. The summed E-state index contributed by atoms with van der Waals surface area (Å²) in [5, 5.41) is 8.15. The molecule has 14 heteroatoms. The molecule has 44 heavy (non-hydrogen) atoms. The lowest BCUT2D eigenvalue weighted by Crippen LogP contribution is -2.49. The lowest BCUT2D eigenvalue weighted by atomic mass is 9.99. The van der Waals surface area contributed by atoms with Crippen molar-refractivity contribution in [3.8, 4) is 0 Å². The number of sulfonamides is 1. The molecule has 0 aromatic carbocycles. The molecule has 5 atom stereocenters. The molecule has 0 amide bonds. The summed E-state index contributed by atoms with van der Waals surface area (Å²) in [6.07, 6.45) is 6.03. The zero-order chi connectivity index (χ0) is 30.4. The van der Waals surface area contributed by atoms with E-state index in [2.05, 4.69) is 62.4 Å². The average molecular weight is 625 g/mol. The second-order valence-corrected chi connectivity index (χ2v) is 14.6. The number of nitrogens with one attached hydrogen (secondary N) is 4. The van der Waals surface area contributed by atoms with Crippen LogP contribution < -0.4 is 21.5 Å². The van der Waals surface area contributed by atoms with Crippen LogP contribution in [-0.4, -0.2) is 101 Å². The SMILES string of the molecule is CC1CC(Nc2cc3nc(CN4CCN(C)CC4)ccc3c(NC3C[C@H]4CC[C@@H](C3)N4S(=O)(=O)c3cncc(F)c3)n2)NN1. The normalized spacial score (nSPS) is 28.5. The van der Waals surface area contributed by atoms with Gasteiger partial charge in [-0.1, -0.05) is 0 Å². The van der Waals surface area contributed by atoms with Crippen LogP contribution in [0, 0.1) is 5.82 Å². The van der Waals surface area contributed by atoms with Gasteiger partial charge in [-0.3, -0.25) is 20.3 Å². The van der Waals surface area contributed by atoms with E-state index in [9.17, 15) is 12.8 Å². The Morgan fingerprint density at radius 1 is 0.977 bits per heavy atom. The summed E-state index contributed by atoms with van der Waals surface area (Å²) in [4.78, 5) is 18.6. The number of rotatable bonds is 8. The Morgan fingerprint density at radius 3 is 2.45 bits per heavy atom. The van der Waals surface area contributed by atoms with Gasteiger partial charge in [-0.15, -0.1) is 0 Å². The van der Waals surface area contributed by atoms with Crippen LogP contribution in [0.4, 0.5) is 16.0 Å². The van der Waals surface area contributed by atoms with Gasteiger partial charge in [0, 0.05) is 74.5 Å². The third-order valence-electron chi connectivity index (χ3n) is 9.40. The first kappa shape index (κ1) is 29.7. The number of likely N-dealkylation sites (N-methyl/N-ethyl adjacent to an activating group) is 1. The number of hydrogen-bond donors (Lipinski definition) is 4. The van der Waals surface area contributed by atoms with Crippen LogP contribution >= 0.6 is 0 Å². The maximum atomic E-state index is 13.9. The molecular formula is C30H41FN10O2S. The molecule has 0 radical (unpaired) electrons. The number of anilines is 2. The van der Waals surface area contributed by atoms with Crippen molar-refractivity contribution in [2.24, 2.45) is 0 Å². The fraction of sp³-hybridized carbons (Fsp3) is 0.567. The molecule has 4 aliphatic rings. The topological polar surface area (TPSA) is 131 Å². The van der Waals surface area contributed by atoms with Crippen molar-refractivity contribution in [2.75, 3.05) is 43.9 Å². The van der Waals surface area contributed by atoms with Gasteiger partial charge in [0.1, 0.15) is 22.3 Å². The van der Waals surface area contributed by atoms with Gasteiger partial charge in [0.25, 0.3) is 0 Å². The lowest BCUT2D eigenvalue weighted by Gasteiger charge is -2.38. The third-order valence-corrected chi connectivity index (χ3v) is 11.4. The molecule has 236 valence electrons. The largest absolute Gasteiger partial charge is 0.367 e. The summed E-state index contributed by atoms with van der Waals surface area (Å²) in [6.45, 7) is 7.10. The molecule has 0 spiro atoms. The van der Waals surface area contributed by atoms with Gasteiger partial charge in [-0.05, 0) is 64.3 Å². The molecule has 4 fully saturated rings. The maximum Gasteiger partial charge on any atom is 0.245 e. The van der Waals surface area contributed by atoms with Crippen molar-refractivity contribution < 1.29 is 12.8 Å². The highest BCUT2D eigenvalue weighted by Crippen LogP contribution is 2.41. The molecule has 0 aliphatic carbocycles. The van der Waals surface area contributed by atoms with Gasteiger partial charge in [-0.2, -0.15) is 4.31 Å². The van der Waals surface area contributed by atoms with E-state index >= 15 is 0 Å². The van der Waals surface area contributed by atoms with Gasteiger partial charge >= 0.3 is 0 Å². The number of aromatic nitrogens is 3. The second kappa shape index (κ2) is 12.1. The van der Waals surface area contributed by atoms with E-state index < -0.39 is 15.8 Å². The van der Waals surface area contributed by atoms with Crippen molar-refractivity contribution in [3.05, 3.63) is 48.2 Å². The molecule has 4 aliphatic heterocycles. The standard InChI is InChI=1S/C30H41FN10O2S/c1-19-11-29(38-37-19)35-28-15-27-26(6-3-21(33-27)18-40-9-7-39(2)8-10-40)30(36-28)34-22-13-23-4-5-24(14-22)41(23)44(42,43)25-12-20(31)16-32-17-25/h3,6,12,15-17,19,22-24,29,37-38H,4-5,7-11,13-14,18H2,1-2H3,(H2,34,35,36)/t19?,22?,23-,24+,29?. The molecule has 4 saturated heterocycles. The number of hydrazine groups is 1. The van der Waals surface area contributed by atoms with Crippen molar-refractivity contribution in [3.63, 3.8) is 0 Å². The van der Waals surface area contributed by atoms with Crippen LogP contribution in [0.15, 0.2) is 41.6 Å². The van der Waals surface area contributed by atoms with Gasteiger partial charge in [0.15, 0.2) is 0 Å². The quantitative estimate of drug-likeness (QED) is 0.295. The van der Waals surface area contributed by atoms with Crippen LogP contribution in [0.3, 0.4) is 0 Å². The Morgan fingerprint density at radius 2 is 1.75 bits per heavy atom. The van der Waals surface area contributed by atoms with Crippen LogP contribution in [0.1, 0.15) is 44.7 Å². The van der Waals surface area contributed by atoms with Gasteiger partial charge in [0.2, 0.25) is 10.0 Å². The van der Waals surface area contributed by atoms with Gasteiger partial charge in [0.05, 0.1) is 23.6 Å². The molecule has 12 nitrogen and oxygen atoms in total. The summed E-state index contributed by atoms with van der Waals surface area (Å²) in [7, 11) is -1.69. The Kier molecular flexibility index (Phi) is 8.14. The Balaban J connectivity index is 1.13. The second-order valence-electron chi connectivity index (χ2n) is 12.8. The highest BCUT2D eigenvalue weighted by molar-refractivity contribution is 7.89. The minimum absolute atomic E-state index is 0.0341.